The number of hydrogen-bond acceptors (Lipinski definition) is 2. The van der Waals surface area contributed by atoms with Gasteiger partial charge in [-0.2, -0.15) is 0 Å². The van der Waals surface area contributed by atoms with Crippen molar-refractivity contribution >= 4 is 23.2 Å². The van der Waals surface area contributed by atoms with Crippen molar-refractivity contribution in [2.75, 3.05) is 5.32 Å². The van der Waals surface area contributed by atoms with Crippen LogP contribution in [0, 0.1) is 0 Å². The van der Waals surface area contributed by atoms with Gasteiger partial charge in [0.2, 0.25) is 5.91 Å². The standard InChI is InChI=1S/C15H15ClN2O/c1-10(11-5-3-2-4-6-11)18-12-7-8-14(16)13(9-12)15(17)19/h2-10,18H,1H3,(H2,17,19). The highest BCUT2D eigenvalue weighted by atomic mass is 35.5. The van der Waals surface area contributed by atoms with Crippen molar-refractivity contribution in [2.45, 2.75) is 13.0 Å². The van der Waals surface area contributed by atoms with E-state index in [1.165, 1.54) is 0 Å². The van der Waals surface area contributed by atoms with Crippen LogP contribution in [0.25, 0.3) is 0 Å². The Hall–Kier alpha value is -2.00. The number of carbonyl (C=O) groups is 1. The van der Waals surface area contributed by atoms with E-state index in [1.807, 2.05) is 43.3 Å². The molecule has 0 aliphatic heterocycles. The molecule has 98 valence electrons. The molecule has 4 heteroatoms. The molecule has 0 aliphatic rings. The SMILES string of the molecule is CC(Nc1ccc(Cl)c(C(N)=O)c1)c1ccccc1. The van der Waals surface area contributed by atoms with Crippen LogP contribution in [-0.4, -0.2) is 5.91 Å². The lowest BCUT2D eigenvalue weighted by Crippen LogP contribution is -2.13. The Morgan fingerprint density at radius 3 is 2.53 bits per heavy atom. The Kier molecular flexibility index (Phi) is 4.07. The third kappa shape index (κ3) is 3.26. The quantitative estimate of drug-likeness (QED) is 0.895. The van der Waals surface area contributed by atoms with Gasteiger partial charge in [-0.25, -0.2) is 0 Å². The second-order valence-electron chi connectivity index (χ2n) is 4.34. The van der Waals surface area contributed by atoms with E-state index >= 15 is 0 Å². The molecule has 0 fully saturated rings. The maximum atomic E-state index is 11.2. The summed E-state index contributed by atoms with van der Waals surface area (Å²) in [5, 5.41) is 3.68. The molecule has 0 saturated heterocycles. The number of primary amides is 1. The van der Waals surface area contributed by atoms with E-state index in [9.17, 15) is 4.79 Å². The number of nitrogens with one attached hydrogen (secondary N) is 1. The highest BCUT2D eigenvalue weighted by molar-refractivity contribution is 6.33. The van der Waals surface area contributed by atoms with Crippen molar-refractivity contribution in [3.8, 4) is 0 Å². The molecule has 0 spiro atoms. The van der Waals surface area contributed by atoms with E-state index in [0.29, 0.717) is 10.6 Å². The van der Waals surface area contributed by atoms with E-state index in [2.05, 4.69) is 5.32 Å². The zero-order chi connectivity index (χ0) is 13.8. The average molecular weight is 275 g/mol. The first-order valence-electron chi connectivity index (χ1n) is 5.99. The van der Waals surface area contributed by atoms with Gasteiger partial charge in [-0.05, 0) is 30.7 Å². The zero-order valence-electron chi connectivity index (χ0n) is 10.6. The van der Waals surface area contributed by atoms with Crippen LogP contribution >= 0.6 is 11.6 Å². The van der Waals surface area contributed by atoms with Crippen LogP contribution in [0.4, 0.5) is 5.69 Å². The molecule has 0 saturated carbocycles. The fraction of sp³-hybridized carbons (Fsp3) is 0.133. The van der Waals surface area contributed by atoms with Crippen LogP contribution in [0.3, 0.4) is 0 Å². The minimum absolute atomic E-state index is 0.128. The molecule has 0 aromatic heterocycles. The first-order valence-corrected chi connectivity index (χ1v) is 6.36. The molecule has 0 radical (unpaired) electrons. The van der Waals surface area contributed by atoms with Crippen LogP contribution in [0.5, 0.6) is 0 Å². The average Bonchev–Trinajstić information content (AvgIpc) is 2.41. The summed E-state index contributed by atoms with van der Waals surface area (Å²) >= 11 is 5.92. The van der Waals surface area contributed by atoms with Crippen LogP contribution in [-0.2, 0) is 0 Å². The lowest BCUT2D eigenvalue weighted by atomic mass is 10.1. The van der Waals surface area contributed by atoms with Gasteiger partial charge in [0.05, 0.1) is 10.6 Å². The Labute approximate surface area is 117 Å². The second kappa shape index (κ2) is 5.76. The molecule has 2 aromatic carbocycles. The molecule has 3 N–H and O–H groups in total. The molecule has 1 unspecified atom stereocenters. The van der Waals surface area contributed by atoms with Crippen molar-refractivity contribution in [1.29, 1.82) is 0 Å². The summed E-state index contributed by atoms with van der Waals surface area (Å²) in [4.78, 5) is 11.2. The normalized spacial score (nSPS) is 11.9. The number of benzene rings is 2. The van der Waals surface area contributed by atoms with E-state index in [1.54, 1.807) is 12.1 Å². The number of anilines is 1. The van der Waals surface area contributed by atoms with Crippen molar-refractivity contribution < 1.29 is 4.79 Å². The van der Waals surface area contributed by atoms with E-state index < -0.39 is 5.91 Å². The molecule has 2 rings (SSSR count). The van der Waals surface area contributed by atoms with Crippen LogP contribution < -0.4 is 11.1 Å². The Morgan fingerprint density at radius 1 is 1.21 bits per heavy atom. The predicted octanol–water partition coefficient (Wildman–Crippen LogP) is 3.61. The van der Waals surface area contributed by atoms with Crippen LogP contribution in [0.1, 0.15) is 28.9 Å². The Bertz CT molecular complexity index is 584. The molecule has 0 aliphatic carbocycles. The minimum Gasteiger partial charge on any atom is -0.379 e. The van der Waals surface area contributed by atoms with Crippen molar-refractivity contribution in [2.24, 2.45) is 5.73 Å². The predicted molar refractivity (Wildman–Crippen MR) is 78.4 cm³/mol. The smallest absolute Gasteiger partial charge is 0.250 e. The third-order valence-corrected chi connectivity index (χ3v) is 3.24. The first kappa shape index (κ1) is 13.4. The number of rotatable bonds is 4. The fourth-order valence-electron chi connectivity index (χ4n) is 1.88. The topological polar surface area (TPSA) is 55.1 Å². The second-order valence-corrected chi connectivity index (χ2v) is 4.74. The maximum absolute atomic E-state index is 11.2. The van der Waals surface area contributed by atoms with E-state index in [4.69, 9.17) is 17.3 Å². The first-order chi connectivity index (χ1) is 9.08. The summed E-state index contributed by atoms with van der Waals surface area (Å²) in [6.07, 6.45) is 0. The molecule has 1 atom stereocenters. The maximum Gasteiger partial charge on any atom is 0.250 e. The Balaban J connectivity index is 2.20. The molecular weight excluding hydrogens is 260 g/mol. The number of carbonyl (C=O) groups excluding carboxylic acids is 1. The molecule has 0 bridgehead atoms. The molecule has 19 heavy (non-hydrogen) atoms. The summed E-state index contributed by atoms with van der Waals surface area (Å²) in [7, 11) is 0. The summed E-state index contributed by atoms with van der Waals surface area (Å²) in [6, 6.07) is 15.3. The van der Waals surface area contributed by atoms with Crippen molar-refractivity contribution in [1.82, 2.24) is 0 Å². The zero-order valence-corrected chi connectivity index (χ0v) is 11.3. The molecule has 1 amide bonds. The summed E-state index contributed by atoms with van der Waals surface area (Å²) < 4.78 is 0. The highest BCUT2D eigenvalue weighted by Crippen LogP contribution is 2.23. The third-order valence-electron chi connectivity index (χ3n) is 2.91. The lowest BCUT2D eigenvalue weighted by molar-refractivity contribution is 0.100. The molecular formula is C15H15ClN2O. The van der Waals surface area contributed by atoms with Gasteiger partial charge < -0.3 is 11.1 Å². The lowest BCUT2D eigenvalue weighted by Gasteiger charge is -2.16. The molecule has 2 aromatic rings. The van der Waals surface area contributed by atoms with Gasteiger partial charge in [-0.15, -0.1) is 0 Å². The highest BCUT2D eigenvalue weighted by Gasteiger charge is 2.09. The summed E-state index contributed by atoms with van der Waals surface area (Å²) in [5.74, 6) is -0.527. The summed E-state index contributed by atoms with van der Waals surface area (Å²) in [5.41, 5.74) is 7.58. The molecule has 3 nitrogen and oxygen atoms in total. The van der Waals surface area contributed by atoms with Gasteiger partial charge in [0.1, 0.15) is 0 Å². The van der Waals surface area contributed by atoms with Gasteiger partial charge in [0.15, 0.2) is 0 Å². The number of nitrogens with two attached hydrogens (primary N) is 1. The summed E-state index contributed by atoms with van der Waals surface area (Å²) in [6.45, 7) is 2.05. The number of halogens is 1. The van der Waals surface area contributed by atoms with Gasteiger partial charge in [-0.1, -0.05) is 41.9 Å². The van der Waals surface area contributed by atoms with Crippen molar-refractivity contribution in [3.05, 3.63) is 64.7 Å². The van der Waals surface area contributed by atoms with Gasteiger partial charge in [0.25, 0.3) is 0 Å². The van der Waals surface area contributed by atoms with E-state index in [-0.39, 0.29) is 6.04 Å². The van der Waals surface area contributed by atoms with Crippen LogP contribution in [0.2, 0.25) is 5.02 Å². The monoisotopic (exact) mass is 274 g/mol. The molecule has 0 heterocycles. The van der Waals surface area contributed by atoms with Crippen LogP contribution in [0.15, 0.2) is 48.5 Å². The Morgan fingerprint density at radius 2 is 1.89 bits per heavy atom. The number of amides is 1. The van der Waals surface area contributed by atoms with Crippen molar-refractivity contribution in [3.63, 3.8) is 0 Å². The van der Waals surface area contributed by atoms with Gasteiger partial charge in [-0.3, -0.25) is 4.79 Å². The number of hydrogen-bond donors (Lipinski definition) is 2. The van der Waals surface area contributed by atoms with E-state index in [0.717, 1.165) is 11.3 Å². The largest absolute Gasteiger partial charge is 0.379 e. The van der Waals surface area contributed by atoms with Gasteiger partial charge in [0, 0.05) is 11.7 Å². The fourth-order valence-corrected chi connectivity index (χ4v) is 2.09. The minimum atomic E-state index is -0.527. The van der Waals surface area contributed by atoms with Gasteiger partial charge >= 0.3 is 0 Å².